The zero-order valence-electron chi connectivity index (χ0n) is 12.7. The van der Waals surface area contributed by atoms with Crippen LogP contribution in [0.15, 0.2) is 30.7 Å². The maximum atomic E-state index is 6.05. The number of hydrogen-bond acceptors (Lipinski definition) is 2. The van der Waals surface area contributed by atoms with Crippen LogP contribution in [-0.2, 0) is 7.05 Å². The van der Waals surface area contributed by atoms with Crippen LogP contribution >= 0.6 is 11.6 Å². The van der Waals surface area contributed by atoms with E-state index >= 15 is 0 Å². The van der Waals surface area contributed by atoms with E-state index in [9.17, 15) is 0 Å². The standard InChI is InChI=1S/C17H19ClN4/c1-21-8-7-12(11-21)15-9-13-10-19-17(18)20-16(13)22(15)14-5-3-2-4-6-14/h7-11,14H,2-6H2,1H3. The van der Waals surface area contributed by atoms with E-state index in [-0.39, 0.29) is 0 Å². The fourth-order valence-electron chi connectivity index (χ4n) is 3.57. The third-order valence-electron chi connectivity index (χ3n) is 4.61. The van der Waals surface area contributed by atoms with Crippen LogP contribution in [0.5, 0.6) is 0 Å². The molecular formula is C17H19ClN4. The van der Waals surface area contributed by atoms with Crippen LogP contribution in [0, 0.1) is 0 Å². The van der Waals surface area contributed by atoms with Gasteiger partial charge in [-0.3, -0.25) is 0 Å². The number of rotatable bonds is 2. The van der Waals surface area contributed by atoms with Crippen LogP contribution in [0.25, 0.3) is 22.3 Å². The van der Waals surface area contributed by atoms with E-state index in [1.807, 2.05) is 13.2 Å². The fourth-order valence-corrected chi connectivity index (χ4v) is 3.70. The first-order chi connectivity index (χ1) is 10.7. The summed E-state index contributed by atoms with van der Waals surface area (Å²) in [5.74, 6) is 0. The number of nitrogens with zero attached hydrogens (tertiary/aromatic N) is 4. The normalized spacial score (nSPS) is 16.5. The molecule has 0 N–H and O–H groups in total. The van der Waals surface area contributed by atoms with E-state index in [4.69, 9.17) is 11.6 Å². The first-order valence-electron chi connectivity index (χ1n) is 7.88. The minimum Gasteiger partial charge on any atom is -0.357 e. The molecule has 4 nitrogen and oxygen atoms in total. The van der Waals surface area contributed by atoms with Crippen molar-refractivity contribution in [3.8, 4) is 11.3 Å². The molecule has 0 aliphatic heterocycles. The van der Waals surface area contributed by atoms with Gasteiger partial charge in [-0.25, -0.2) is 4.98 Å². The molecule has 0 aromatic carbocycles. The van der Waals surface area contributed by atoms with E-state index in [0.717, 1.165) is 11.0 Å². The second-order valence-electron chi connectivity index (χ2n) is 6.18. The number of aromatic nitrogens is 4. The average molecular weight is 315 g/mol. The van der Waals surface area contributed by atoms with E-state index in [2.05, 4.69) is 43.6 Å². The van der Waals surface area contributed by atoms with Crippen LogP contribution in [0.4, 0.5) is 0 Å². The lowest BCUT2D eigenvalue weighted by Gasteiger charge is -2.25. The van der Waals surface area contributed by atoms with Crippen molar-refractivity contribution in [2.45, 2.75) is 38.1 Å². The monoisotopic (exact) mass is 314 g/mol. The second kappa shape index (κ2) is 5.43. The van der Waals surface area contributed by atoms with Crippen molar-refractivity contribution in [2.24, 2.45) is 7.05 Å². The van der Waals surface area contributed by atoms with Gasteiger partial charge in [0.05, 0.1) is 5.69 Å². The predicted octanol–water partition coefficient (Wildman–Crippen LogP) is 4.60. The lowest BCUT2D eigenvalue weighted by Crippen LogP contribution is -2.14. The van der Waals surface area contributed by atoms with Crippen LogP contribution in [0.1, 0.15) is 38.1 Å². The molecule has 0 atom stereocenters. The van der Waals surface area contributed by atoms with Crippen LogP contribution in [-0.4, -0.2) is 19.1 Å². The Hall–Kier alpha value is -1.81. The van der Waals surface area contributed by atoms with E-state index in [0.29, 0.717) is 11.3 Å². The summed E-state index contributed by atoms with van der Waals surface area (Å²) in [5, 5.41) is 1.39. The molecule has 0 spiro atoms. The highest BCUT2D eigenvalue weighted by Crippen LogP contribution is 2.37. The Balaban J connectivity index is 1.94. The fraction of sp³-hybridized carbons (Fsp3) is 0.412. The first kappa shape index (κ1) is 13.8. The predicted molar refractivity (Wildman–Crippen MR) is 89.1 cm³/mol. The smallest absolute Gasteiger partial charge is 0.224 e. The number of halogens is 1. The lowest BCUT2D eigenvalue weighted by atomic mass is 9.95. The number of aryl methyl sites for hydroxylation is 1. The molecule has 3 aromatic rings. The SMILES string of the molecule is Cn1ccc(-c2cc3cnc(Cl)nc3n2C2CCCCC2)c1. The summed E-state index contributed by atoms with van der Waals surface area (Å²) in [6, 6.07) is 4.85. The summed E-state index contributed by atoms with van der Waals surface area (Å²) in [5.41, 5.74) is 3.41. The van der Waals surface area contributed by atoms with E-state index < -0.39 is 0 Å². The Kier molecular flexibility index (Phi) is 3.41. The molecule has 3 heterocycles. The summed E-state index contributed by atoms with van der Waals surface area (Å²) in [6.07, 6.45) is 12.4. The molecule has 114 valence electrons. The summed E-state index contributed by atoms with van der Waals surface area (Å²) in [6.45, 7) is 0. The molecule has 4 rings (SSSR count). The molecule has 0 amide bonds. The lowest BCUT2D eigenvalue weighted by molar-refractivity contribution is 0.362. The highest BCUT2D eigenvalue weighted by atomic mass is 35.5. The van der Waals surface area contributed by atoms with E-state index in [1.54, 1.807) is 0 Å². The van der Waals surface area contributed by atoms with Gasteiger partial charge in [-0.2, -0.15) is 4.98 Å². The van der Waals surface area contributed by atoms with Gasteiger partial charge in [-0.05, 0) is 36.6 Å². The van der Waals surface area contributed by atoms with Gasteiger partial charge in [-0.1, -0.05) is 19.3 Å². The highest BCUT2D eigenvalue weighted by molar-refractivity contribution is 6.28. The average Bonchev–Trinajstić information content (AvgIpc) is 3.11. The van der Waals surface area contributed by atoms with Gasteiger partial charge < -0.3 is 9.13 Å². The molecule has 1 aliphatic carbocycles. The minimum absolute atomic E-state index is 0.322. The first-order valence-corrected chi connectivity index (χ1v) is 8.26. The van der Waals surface area contributed by atoms with Crippen molar-refractivity contribution in [3.63, 3.8) is 0 Å². The molecule has 0 radical (unpaired) electrons. The highest BCUT2D eigenvalue weighted by Gasteiger charge is 2.22. The Labute approximate surface area is 134 Å². The number of hydrogen-bond donors (Lipinski definition) is 0. The van der Waals surface area contributed by atoms with Crippen molar-refractivity contribution in [2.75, 3.05) is 0 Å². The molecule has 22 heavy (non-hydrogen) atoms. The summed E-state index contributed by atoms with van der Waals surface area (Å²) in [7, 11) is 2.05. The third-order valence-corrected chi connectivity index (χ3v) is 4.80. The minimum atomic E-state index is 0.322. The summed E-state index contributed by atoms with van der Waals surface area (Å²) < 4.78 is 4.47. The van der Waals surface area contributed by atoms with Crippen LogP contribution in [0.2, 0.25) is 5.28 Å². The van der Waals surface area contributed by atoms with Crippen LogP contribution in [0.3, 0.4) is 0 Å². The van der Waals surface area contributed by atoms with Crippen LogP contribution < -0.4 is 0 Å². The van der Waals surface area contributed by atoms with Gasteiger partial charge in [0.2, 0.25) is 5.28 Å². The van der Waals surface area contributed by atoms with Gasteiger partial charge in [-0.15, -0.1) is 0 Å². The summed E-state index contributed by atoms with van der Waals surface area (Å²) >= 11 is 6.05. The second-order valence-corrected chi connectivity index (χ2v) is 6.51. The molecule has 0 bridgehead atoms. The quantitative estimate of drug-likeness (QED) is 0.648. The van der Waals surface area contributed by atoms with E-state index in [1.165, 1.54) is 43.4 Å². The third kappa shape index (κ3) is 2.31. The van der Waals surface area contributed by atoms with Gasteiger partial charge in [0.15, 0.2) is 0 Å². The van der Waals surface area contributed by atoms with Gasteiger partial charge in [0.1, 0.15) is 5.65 Å². The van der Waals surface area contributed by atoms with Crippen molar-refractivity contribution < 1.29 is 0 Å². The number of fused-ring (bicyclic) bond motifs is 1. The topological polar surface area (TPSA) is 35.6 Å². The molecule has 1 fully saturated rings. The molecule has 1 aliphatic rings. The Morgan fingerprint density at radius 2 is 2.05 bits per heavy atom. The van der Waals surface area contributed by atoms with Crippen molar-refractivity contribution in [1.82, 2.24) is 19.1 Å². The van der Waals surface area contributed by atoms with Crippen molar-refractivity contribution in [3.05, 3.63) is 36.0 Å². The molecule has 5 heteroatoms. The maximum absolute atomic E-state index is 6.05. The maximum Gasteiger partial charge on any atom is 0.224 e. The zero-order chi connectivity index (χ0) is 15.1. The van der Waals surface area contributed by atoms with Crippen molar-refractivity contribution >= 4 is 22.6 Å². The largest absolute Gasteiger partial charge is 0.357 e. The van der Waals surface area contributed by atoms with Gasteiger partial charge in [0.25, 0.3) is 0 Å². The Morgan fingerprint density at radius 3 is 2.77 bits per heavy atom. The Bertz CT molecular complexity index is 811. The Morgan fingerprint density at radius 1 is 1.23 bits per heavy atom. The summed E-state index contributed by atoms with van der Waals surface area (Å²) in [4.78, 5) is 8.66. The van der Waals surface area contributed by atoms with Gasteiger partial charge in [0, 0.05) is 42.6 Å². The molecule has 0 saturated heterocycles. The van der Waals surface area contributed by atoms with Gasteiger partial charge >= 0.3 is 0 Å². The molecular weight excluding hydrogens is 296 g/mol. The zero-order valence-corrected chi connectivity index (χ0v) is 13.4. The van der Waals surface area contributed by atoms with Crippen molar-refractivity contribution in [1.29, 1.82) is 0 Å². The molecule has 1 saturated carbocycles. The molecule has 0 unspecified atom stereocenters. The molecule has 3 aromatic heterocycles.